The third-order valence-electron chi connectivity index (χ3n) is 4.41. The van der Waals surface area contributed by atoms with Crippen molar-refractivity contribution in [3.05, 3.63) is 65.0 Å². The average molecular weight is 425 g/mol. The second-order valence-electron chi connectivity index (χ2n) is 6.11. The van der Waals surface area contributed by atoms with E-state index in [1.807, 2.05) is 24.3 Å². The number of fused-ring (bicyclic) bond motifs is 2. The van der Waals surface area contributed by atoms with E-state index in [1.165, 1.54) is 24.9 Å². The Kier molecular flexibility index (Phi) is 5.16. The summed E-state index contributed by atoms with van der Waals surface area (Å²) in [6.07, 6.45) is 4.78. The van der Waals surface area contributed by atoms with Crippen molar-refractivity contribution in [3.63, 3.8) is 0 Å². The average Bonchev–Trinajstić information content (AvgIpc) is 2.72. The van der Waals surface area contributed by atoms with Gasteiger partial charge in [0.2, 0.25) is 0 Å². The number of benzene rings is 2. The van der Waals surface area contributed by atoms with Gasteiger partial charge >= 0.3 is 0 Å². The molecule has 2 aromatic carbocycles. The monoisotopic (exact) mass is 425 g/mol. The molecule has 0 N–H and O–H groups in total. The number of nitro benzene ring substituents is 1. The highest BCUT2D eigenvalue weighted by Gasteiger charge is 2.20. The number of hydrogen-bond acceptors (Lipinski definition) is 7. The second kappa shape index (κ2) is 7.76. The minimum absolute atomic E-state index is 0.0814. The van der Waals surface area contributed by atoms with Crippen molar-refractivity contribution in [2.75, 3.05) is 13.4 Å². The quantitative estimate of drug-likeness (QED) is 0.341. The van der Waals surface area contributed by atoms with Crippen LogP contribution in [0.5, 0.6) is 5.75 Å². The van der Waals surface area contributed by atoms with Gasteiger partial charge in [-0.1, -0.05) is 36.0 Å². The van der Waals surface area contributed by atoms with Crippen LogP contribution in [0.4, 0.5) is 5.69 Å². The smallest absolute Gasteiger partial charge is 0.295 e. The second-order valence-corrected chi connectivity index (χ2v) is 8.51. The van der Waals surface area contributed by atoms with Crippen LogP contribution < -0.4 is 4.74 Å². The number of non-ortho nitro benzene ring substituents is 1. The summed E-state index contributed by atoms with van der Waals surface area (Å²) < 4.78 is 17.9. The first-order chi connectivity index (χ1) is 14.0. The number of methoxy groups -OCH3 is 1. The molecule has 9 heteroatoms. The fourth-order valence-corrected chi connectivity index (χ4v) is 5.21. The maximum atomic E-state index is 12.3. The van der Waals surface area contributed by atoms with Crippen molar-refractivity contribution in [2.24, 2.45) is 0 Å². The lowest BCUT2D eigenvalue weighted by atomic mass is 10.2. The first-order valence-electron chi connectivity index (χ1n) is 8.50. The normalized spacial score (nSPS) is 12.2. The van der Waals surface area contributed by atoms with Crippen molar-refractivity contribution in [2.45, 2.75) is 14.7 Å². The van der Waals surface area contributed by atoms with E-state index in [9.17, 15) is 14.3 Å². The molecule has 0 spiro atoms. The SMILES string of the molecule is COc1c(Sc2c(S(C)=O)cnc3ccccc23)cnc2c([N+](=O)[O-])cccc12. The fourth-order valence-electron chi connectivity index (χ4n) is 3.11. The Morgan fingerprint density at radius 1 is 1.07 bits per heavy atom. The number of nitrogens with zero attached hydrogens (tertiary/aromatic N) is 3. The first-order valence-corrected chi connectivity index (χ1v) is 10.9. The summed E-state index contributed by atoms with van der Waals surface area (Å²) in [7, 11) is 0.265. The van der Waals surface area contributed by atoms with Crippen LogP contribution in [0.25, 0.3) is 21.8 Å². The number of pyridine rings is 2. The molecule has 0 saturated carbocycles. The Hall–Kier alpha value is -3.04. The Bertz CT molecular complexity index is 1290. The summed E-state index contributed by atoms with van der Waals surface area (Å²) in [5, 5.41) is 12.7. The lowest BCUT2D eigenvalue weighted by Crippen LogP contribution is -1.97. The van der Waals surface area contributed by atoms with Gasteiger partial charge in [0.25, 0.3) is 5.69 Å². The number of ether oxygens (including phenoxy) is 1. The molecular weight excluding hydrogens is 410 g/mol. The van der Waals surface area contributed by atoms with Gasteiger partial charge in [0.15, 0.2) is 5.52 Å². The van der Waals surface area contributed by atoms with E-state index in [1.54, 1.807) is 30.8 Å². The molecule has 146 valence electrons. The molecule has 0 aliphatic rings. The van der Waals surface area contributed by atoms with Crippen molar-refractivity contribution in [1.29, 1.82) is 0 Å². The van der Waals surface area contributed by atoms with Gasteiger partial charge < -0.3 is 4.74 Å². The number of para-hydroxylation sites is 2. The van der Waals surface area contributed by atoms with E-state index in [0.29, 0.717) is 20.9 Å². The van der Waals surface area contributed by atoms with Gasteiger partial charge in [-0.15, -0.1) is 0 Å². The van der Waals surface area contributed by atoms with Crippen LogP contribution in [0.15, 0.2) is 69.5 Å². The highest BCUT2D eigenvalue weighted by atomic mass is 32.2. The van der Waals surface area contributed by atoms with Crippen LogP contribution in [0.1, 0.15) is 0 Å². The molecule has 0 aliphatic carbocycles. The lowest BCUT2D eigenvalue weighted by molar-refractivity contribution is -0.383. The van der Waals surface area contributed by atoms with E-state index in [2.05, 4.69) is 9.97 Å². The van der Waals surface area contributed by atoms with Crippen molar-refractivity contribution in [1.82, 2.24) is 9.97 Å². The number of rotatable bonds is 5. The van der Waals surface area contributed by atoms with Gasteiger partial charge in [0, 0.05) is 35.0 Å². The minimum Gasteiger partial charge on any atom is -0.495 e. The van der Waals surface area contributed by atoms with E-state index in [-0.39, 0.29) is 11.2 Å². The van der Waals surface area contributed by atoms with Gasteiger partial charge in [0.1, 0.15) is 5.75 Å². The molecule has 2 aromatic heterocycles. The molecule has 0 bridgehead atoms. The first kappa shape index (κ1) is 19.3. The maximum absolute atomic E-state index is 12.3. The number of nitro groups is 1. The van der Waals surface area contributed by atoms with Crippen LogP contribution in [0, 0.1) is 10.1 Å². The summed E-state index contributed by atoms with van der Waals surface area (Å²) in [6, 6.07) is 12.4. The minimum atomic E-state index is -1.25. The summed E-state index contributed by atoms with van der Waals surface area (Å²) >= 11 is 1.36. The zero-order chi connectivity index (χ0) is 20.5. The molecule has 0 amide bonds. The lowest BCUT2D eigenvalue weighted by Gasteiger charge is -2.14. The van der Waals surface area contributed by atoms with Crippen molar-refractivity contribution in [3.8, 4) is 5.75 Å². The molecule has 4 rings (SSSR count). The van der Waals surface area contributed by atoms with E-state index < -0.39 is 15.7 Å². The molecular formula is C20H15N3O4S2. The third-order valence-corrected chi connectivity index (χ3v) is 6.62. The van der Waals surface area contributed by atoms with Crippen molar-refractivity contribution >= 4 is 50.1 Å². The standard InChI is InChI=1S/C20H15N3O4S2/c1-27-19-13-7-5-9-15(23(24)25)18(13)22-10-16(19)28-20-12-6-3-4-8-14(12)21-11-17(20)29(2)26/h3-11H,1-2H3. The van der Waals surface area contributed by atoms with Gasteiger partial charge in [-0.25, -0.2) is 4.98 Å². The molecule has 1 atom stereocenters. The molecule has 0 radical (unpaired) electrons. The molecule has 0 fully saturated rings. The third kappa shape index (κ3) is 3.43. The fraction of sp³-hybridized carbons (Fsp3) is 0.100. The predicted octanol–water partition coefficient (Wildman–Crippen LogP) is 4.59. The van der Waals surface area contributed by atoms with Gasteiger partial charge in [-0.3, -0.25) is 19.3 Å². The van der Waals surface area contributed by atoms with E-state index in [0.717, 1.165) is 15.8 Å². The summed E-state index contributed by atoms with van der Waals surface area (Å²) in [5.41, 5.74) is 0.965. The van der Waals surface area contributed by atoms with Crippen LogP contribution in [0.3, 0.4) is 0 Å². The van der Waals surface area contributed by atoms with Gasteiger partial charge in [-0.05, 0) is 12.1 Å². The largest absolute Gasteiger partial charge is 0.495 e. The molecule has 2 heterocycles. The molecule has 0 saturated heterocycles. The maximum Gasteiger partial charge on any atom is 0.295 e. The zero-order valence-electron chi connectivity index (χ0n) is 15.5. The summed E-state index contributed by atoms with van der Waals surface area (Å²) in [6.45, 7) is 0. The highest BCUT2D eigenvalue weighted by Crippen LogP contribution is 2.44. The van der Waals surface area contributed by atoms with Crippen LogP contribution >= 0.6 is 11.8 Å². The van der Waals surface area contributed by atoms with Crippen LogP contribution in [-0.2, 0) is 10.8 Å². The van der Waals surface area contributed by atoms with Crippen LogP contribution in [-0.4, -0.2) is 32.5 Å². The van der Waals surface area contributed by atoms with Gasteiger partial charge in [-0.2, -0.15) is 0 Å². The van der Waals surface area contributed by atoms with Crippen LogP contribution in [0.2, 0.25) is 0 Å². The Morgan fingerprint density at radius 3 is 2.55 bits per heavy atom. The van der Waals surface area contributed by atoms with E-state index >= 15 is 0 Å². The Labute approximate surface area is 172 Å². The zero-order valence-corrected chi connectivity index (χ0v) is 17.1. The Morgan fingerprint density at radius 2 is 1.83 bits per heavy atom. The number of hydrogen-bond donors (Lipinski definition) is 0. The summed E-state index contributed by atoms with van der Waals surface area (Å²) in [5.74, 6) is 0.484. The van der Waals surface area contributed by atoms with Crippen molar-refractivity contribution < 1.29 is 13.9 Å². The molecule has 4 aromatic rings. The summed E-state index contributed by atoms with van der Waals surface area (Å²) in [4.78, 5) is 21.7. The highest BCUT2D eigenvalue weighted by molar-refractivity contribution is 8.00. The molecule has 1 unspecified atom stereocenters. The van der Waals surface area contributed by atoms with Gasteiger partial charge in [0.05, 0.1) is 43.5 Å². The topological polar surface area (TPSA) is 95.2 Å². The molecule has 7 nitrogen and oxygen atoms in total. The predicted molar refractivity (Wildman–Crippen MR) is 113 cm³/mol. The Balaban J connectivity index is 1.95. The van der Waals surface area contributed by atoms with E-state index in [4.69, 9.17) is 4.74 Å². The number of aromatic nitrogens is 2. The molecule has 29 heavy (non-hydrogen) atoms. The molecule has 0 aliphatic heterocycles.